The normalized spacial score (nSPS) is 20.3. The predicted octanol–water partition coefficient (Wildman–Crippen LogP) is 1.74. The molecule has 0 saturated heterocycles. The van der Waals surface area contributed by atoms with E-state index in [1.54, 1.807) is 23.6 Å². The van der Waals surface area contributed by atoms with Crippen molar-refractivity contribution in [2.75, 3.05) is 18.8 Å². The quantitative estimate of drug-likeness (QED) is 0.904. The van der Waals surface area contributed by atoms with Gasteiger partial charge in [0.1, 0.15) is 0 Å². The van der Waals surface area contributed by atoms with Gasteiger partial charge >= 0.3 is 0 Å². The highest BCUT2D eigenvalue weighted by Gasteiger charge is 2.30. The minimum atomic E-state index is -0.186. The Labute approximate surface area is 134 Å². The predicted molar refractivity (Wildman–Crippen MR) is 87.8 cm³/mol. The van der Waals surface area contributed by atoms with Crippen LogP contribution in [-0.2, 0) is 16.0 Å². The average Bonchev–Trinajstić information content (AvgIpc) is 3.00. The van der Waals surface area contributed by atoms with Gasteiger partial charge in [-0.25, -0.2) is 0 Å². The summed E-state index contributed by atoms with van der Waals surface area (Å²) >= 11 is 1.56. The number of carbonyl (C=O) groups is 2. The lowest BCUT2D eigenvalue weighted by molar-refractivity contribution is -0.133. The highest BCUT2D eigenvalue weighted by atomic mass is 32.2. The van der Waals surface area contributed by atoms with Gasteiger partial charge in [-0.3, -0.25) is 14.6 Å². The van der Waals surface area contributed by atoms with Crippen LogP contribution in [0.15, 0.2) is 29.3 Å². The number of hydrogen-bond donors (Lipinski definition) is 1. The number of hydrogen-bond acceptors (Lipinski definition) is 4. The first-order valence-corrected chi connectivity index (χ1v) is 8.46. The van der Waals surface area contributed by atoms with Gasteiger partial charge in [-0.1, -0.05) is 36.0 Å². The molecule has 0 bridgehead atoms. The average molecular weight is 317 g/mol. The van der Waals surface area contributed by atoms with Crippen LogP contribution in [0.1, 0.15) is 30.5 Å². The molecule has 0 radical (unpaired) electrons. The summed E-state index contributed by atoms with van der Waals surface area (Å²) in [6.07, 6.45) is 1.12. The molecule has 2 aliphatic heterocycles. The maximum atomic E-state index is 12.3. The second kappa shape index (κ2) is 6.52. The first-order chi connectivity index (χ1) is 10.6. The van der Waals surface area contributed by atoms with E-state index in [1.807, 2.05) is 18.2 Å². The molecule has 0 spiro atoms. The highest BCUT2D eigenvalue weighted by Crippen LogP contribution is 2.32. The summed E-state index contributed by atoms with van der Waals surface area (Å²) in [4.78, 5) is 30.2. The SMILES string of the molecule is CC(=O)N1CCc2ccccc2[C@@H]1CC(=O)NC1=NCCS1. The van der Waals surface area contributed by atoms with Gasteiger partial charge in [0.25, 0.3) is 0 Å². The number of amides is 2. The van der Waals surface area contributed by atoms with Crippen LogP contribution in [0, 0.1) is 0 Å². The van der Waals surface area contributed by atoms with Gasteiger partial charge in [-0.15, -0.1) is 0 Å². The summed E-state index contributed by atoms with van der Waals surface area (Å²) in [5.41, 5.74) is 2.31. The van der Waals surface area contributed by atoms with E-state index in [2.05, 4.69) is 16.4 Å². The molecule has 1 N–H and O–H groups in total. The monoisotopic (exact) mass is 317 g/mol. The second-order valence-corrected chi connectivity index (χ2v) is 6.55. The molecule has 22 heavy (non-hydrogen) atoms. The van der Waals surface area contributed by atoms with Crippen LogP contribution in [0.2, 0.25) is 0 Å². The third-order valence-electron chi connectivity index (χ3n) is 4.03. The van der Waals surface area contributed by atoms with E-state index in [-0.39, 0.29) is 24.3 Å². The summed E-state index contributed by atoms with van der Waals surface area (Å²) in [7, 11) is 0. The van der Waals surface area contributed by atoms with Gasteiger partial charge < -0.3 is 10.2 Å². The standard InChI is InChI=1S/C16H19N3O2S/c1-11(20)19-8-6-12-4-2-3-5-13(12)14(19)10-15(21)18-16-17-7-9-22-16/h2-5,14H,6-10H2,1H3,(H,17,18,21)/t14-/m0/s1. The van der Waals surface area contributed by atoms with E-state index in [9.17, 15) is 9.59 Å². The molecule has 116 valence electrons. The number of benzene rings is 1. The number of nitrogens with zero attached hydrogens (tertiary/aromatic N) is 2. The minimum Gasteiger partial charge on any atom is -0.335 e. The van der Waals surface area contributed by atoms with Crippen LogP contribution < -0.4 is 5.32 Å². The molecule has 2 aliphatic rings. The van der Waals surface area contributed by atoms with Crippen molar-refractivity contribution in [3.8, 4) is 0 Å². The number of rotatable bonds is 2. The molecule has 1 aromatic carbocycles. The Morgan fingerprint density at radius 1 is 1.41 bits per heavy atom. The van der Waals surface area contributed by atoms with E-state index in [0.29, 0.717) is 11.7 Å². The number of nitrogens with one attached hydrogen (secondary N) is 1. The first kappa shape index (κ1) is 15.1. The zero-order valence-electron chi connectivity index (χ0n) is 12.5. The summed E-state index contributed by atoms with van der Waals surface area (Å²) in [6, 6.07) is 7.88. The lowest BCUT2D eigenvalue weighted by Crippen LogP contribution is -2.41. The molecule has 2 heterocycles. The molecule has 2 amide bonds. The Kier molecular flexibility index (Phi) is 4.47. The second-order valence-electron chi connectivity index (χ2n) is 5.46. The molecule has 6 heteroatoms. The van der Waals surface area contributed by atoms with Crippen molar-refractivity contribution in [1.82, 2.24) is 10.2 Å². The zero-order chi connectivity index (χ0) is 15.5. The van der Waals surface area contributed by atoms with Gasteiger partial charge in [-0.05, 0) is 17.5 Å². The van der Waals surface area contributed by atoms with Crippen LogP contribution in [0.3, 0.4) is 0 Å². The van der Waals surface area contributed by atoms with Crippen LogP contribution in [-0.4, -0.2) is 40.7 Å². The third-order valence-corrected chi connectivity index (χ3v) is 4.92. The van der Waals surface area contributed by atoms with E-state index in [0.717, 1.165) is 24.3 Å². The molecular formula is C16H19N3O2S. The fraction of sp³-hybridized carbons (Fsp3) is 0.438. The molecule has 3 rings (SSSR count). The first-order valence-electron chi connectivity index (χ1n) is 7.47. The minimum absolute atomic E-state index is 0.0138. The van der Waals surface area contributed by atoms with Crippen molar-refractivity contribution in [3.63, 3.8) is 0 Å². The summed E-state index contributed by atoms with van der Waals surface area (Å²) in [5.74, 6) is 0.850. The van der Waals surface area contributed by atoms with Gasteiger partial charge in [-0.2, -0.15) is 0 Å². The highest BCUT2D eigenvalue weighted by molar-refractivity contribution is 8.14. The smallest absolute Gasteiger partial charge is 0.228 e. The Bertz CT molecular complexity index is 630. The molecule has 0 unspecified atom stereocenters. The Balaban J connectivity index is 1.78. The third kappa shape index (κ3) is 3.16. The molecule has 0 saturated carbocycles. The van der Waals surface area contributed by atoms with Crippen molar-refractivity contribution in [3.05, 3.63) is 35.4 Å². The van der Waals surface area contributed by atoms with Gasteiger partial charge in [0, 0.05) is 19.2 Å². The number of fused-ring (bicyclic) bond motifs is 1. The van der Waals surface area contributed by atoms with Crippen molar-refractivity contribution < 1.29 is 9.59 Å². The molecule has 0 aromatic heterocycles. The largest absolute Gasteiger partial charge is 0.335 e. The van der Waals surface area contributed by atoms with Crippen LogP contribution in [0.4, 0.5) is 0 Å². The maximum absolute atomic E-state index is 12.3. The Morgan fingerprint density at radius 2 is 2.23 bits per heavy atom. The van der Waals surface area contributed by atoms with Crippen molar-refractivity contribution in [2.24, 2.45) is 4.99 Å². The Morgan fingerprint density at radius 3 is 2.95 bits per heavy atom. The van der Waals surface area contributed by atoms with Crippen molar-refractivity contribution in [1.29, 1.82) is 0 Å². The number of carbonyl (C=O) groups excluding carboxylic acids is 2. The zero-order valence-corrected chi connectivity index (χ0v) is 13.4. The van der Waals surface area contributed by atoms with Gasteiger partial charge in [0.05, 0.1) is 19.0 Å². The topological polar surface area (TPSA) is 61.8 Å². The maximum Gasteiger partial charge on any atom is 0.228 e. The van der Waals surface area contributed by atoms with Crippen LogP contribution in [0.5, 0.6) is 0 Å². The van der Waals surface area contributed by atoms with Crippen molar-refractivity contribution >= 4 is 28.7 Å². The van der Waals surface area contributed by atoms with Gasteiger partial charge in [0.2, 0.25) is 11.8 Å². The Hall–Kier alpha value is -1.82. The van der Waals surface area contributed by atoms with Crippen molar-refractivity contribution in [2.45, 2.75) is 25.8 Å². The summed E-state index contributed by atoms with van der Waals surface area (Å²) in [5, 5.41) is 3.55. The van der Waals surface area contributed by atoms with Crippen LogP contribution >= 0.6 is 11.8 Å². The molecule has 1 atom stereocenters. The summed E-state index contributed by atoms with van der Waals surface area (Å²) in [6.45, 7) is 2.99. The van der Waals surface area contributed by atoms with E-state index in [1.165, 1.54) is 5.56 Å². The molecule has 5 nitrogen and oxygen atoms in total. The number of amidine groups is 1. The van der Waals surface area contributed by atoms with Gasteiger partial charge in [0.15, 0.2) is 5.17 Å². The number of aliphatic imine (C=N–C) groups is 1. The lowest BCUT2D eigenvalue weighted by Gasteiger charge is -2.36. The number of thioether (sulfide) groups is 1. The summed E-state index contributed by atoms with van der Waals surface area (Å²) < 4.78 is 0. The molecular weight excluding hydrogens is 298 g/mol. The molecule has 1 aromatic rings. The fourth-order valence-electron chi connectivity index (χ4n) is 3.01. The van der Waals surface area contributed by atoms with Crippen LogP contribution in [0.25, 0.3) is 0 Å². The fourth-order valence-corrected chi connectivity index (χ4v) is 3.75. The molecule has 0 aliphatic carbocycles. The molecule has 0 fully saturated rings. The lowest BCUT2D eigenvalue weighted by atomic mass is 9.90. The van der Waals surface area contributed by atoms with E-state index in [4.69, 9.17) is 0 Å². The van der Waals surface area contributed by atoms with E-state index >= 15 is 0 Å². The van der Waals surface area contributed by atoms with E-state index < -0.39 is 0 Å².